The van der Waals surface area contributed by atoms with Crippen molar-refractivity contribution in [2.24, 2.45) is 0 Å². The second-order valence-corrected chi connectivity index (χ2v) is 6.11. The van der Waals surface area contributed by atoms with E-state index < -0.39 is 0 Å². The van der Waals surface area contributed by atoms with Crippen LogP contribution in [0.15, 0.2) is 10.7 Å². The molecule has 1 heterocycles. The summed E-state index contributed by atoms with van der Waals surface area (Å²) in [5, 5.41) is 3.35. The molecule has 5 heteroatoms. The normalized spacial score (nSPS) is 10.6. The molecule has 0 aliphatic heterocycles. The van der Waals surface area contributed by atoms with Crippen LogP contribution in [0.1, 0.15) is 31.2 Å². The van der Waals surface area contributed by atoms with Gasteiger partial charge in [-0.2, -0.15) is 11.8 Å². The Morgan fingerprint density at radius 3 is 2.78 bits per heavy atom. The standard InChI is InChI=1S/C13H22BrN3S/c1-10-11(15)9-17-13(12(10)14)16-7-5-3-4-6-8-18-2/h9H,3-8,15H2,1-2H3,(H,16,17). The highest BCUT2D eigenvalue weighted by atomic mass is 79.9. The smallest absolute Gasteiger partial charge is 0.140 e. The van der Waals surface area contributed by atoms with Gasteiger partial charge < -0.3 is 11.1 Å². The molecule has 102 valence electrons. The summed E-state index contributed by atoms with van der Waals surface area (Å²) in [5.41, 5.74) is 7.57. The van der Waals surface area contributed by atoms with E-state index in [1.807, 2.05) is 18.7 Å². The molecule has 3 nitrogen and oxygen atoms in total. The average Bonchev–Trinajstić information content (AvgIpc) is 2.37. The van der Waals surface area contributed by atoms with Crippen molar-refractivity contribution in [1.29, 1.82) is 0 Å². The molecule has 0 aliphatic carbocycles. The molecule has 0 fully saturated rings. The molecule has 0 amide bonds. The molecule has 0 saturated heterocycles. The number of hydrogen-bond donors (Lipinski definition) is 2. The molecule has 3 N–H and O–H groups in total. The maximum absolute atomic E-state index is 5.79. The summed E-state index contributed by atoms with van der Waals surface area (Å²) in [4.78, 5) is 4.30. The number of unbranched alkanes of at least 4 members (excludes halogenated alkanes) is 3. The summed E-state index contributed by atoms with van der Waals surface area (Å²) in [6.45, 7) is 2.96. The van der Waals surface area contributed by atoms with Crippen molar-refractivity contribution < 1.29 is 0 Å². The number of anilines is 2. The summed E-state index contributed by atoms with van der Waals surface area (Å²) in [6, 6.07) is 0. The van der Waals surface area contributed by atoms with E-state index in [1.54, 1.807) is 6.20 Å². The third kappa shape index (κ3) is 5.06. The van der Waals surface area contributed by atoms with Gasteiger partial charge >= 0.3 is 0 Å². The molecule has 1 aromatic rings. The quantitative estimate of drug-likeness (QED) is 0.705. The largest absolute Gasteiger partial charge is 0.397 e. The van der Waals surface area contributed by atoms with Crippen LogP contribution in [-0.4, -0.2) is 23.5 Å². The van der Waals surface area contributed by atoms with Crippen molar-refractivity contribution >= 4 is 39.2 Å². The number of aromatic nitrogens is 1. The summed E-state index contributed by atoms with van der Waals surface area (Å²) in [5.74, 6) is 2.17. The Labute approximate surface area is 122 Å². The first-order valence-corrected chi connectivity index (χ1v) is 8.49. The van der Waals surface area contributed by atoms with Gasteiger partial charge in [-0.05, 0) is 53.3 Å². The highest BCUT2D eigenvalue weighted by Gasteiger charge is 2.06. The Balaban J connectivity index is 2.25. The van der Waals surface area contributed by atoms with Crippen molar-refractivity contribution in [3.63, 3.8) is 0 Å². The van der Waals surface area contributed by atoms with Crippen LogP contribution in [-0.2, 0) is 0 Å². The van der Waals surface area contributed by atoms with Crippen LogP contribution < -0.4 is 11.1 Å². The van der Waals surface area contributed by atoms with Crippen LogP contribution in [0.5, 0.6) is 0 Å². The molecule has 0 unspecified atom stereocenters. The highest BCUT2D eigenvalue weighted by molar-refractivity contribution is 9.10. The van der Waals surface area contributed by atoms with Gasteiger partial charge in [0.25, 0.3) is 0 Å². The molecule has 0 spiro atoms. The number of halogens is 1. The van der Waals surface area contributed by atoms with Crippen LogP contribution in [0.3, 0.4) is 0 Å². The molecule has 0 bridgehead atoms. The van der Waals surface area contributed by atoms with Crippen molar-refractivity contribution in [3.05, 3.63) is 16.2 Å². The Hall–Kier alpha value is -0.420. The van der Waals surface area contributed by atoms with Gasteiger partial charge in [0.2, 0.25) is 0 Å². The number of rotatable bonds is 8. The second-order valence-electron chi connectivity index (χ2n) is 4.33. The molecular weight excluding hydrogens is 310 g/mol. The lowest BCUT2D eigenvalue weighted by Crippen LogP contribution is -2.06. The third-order valence-corrected chi connectivity index (χ3v) is 4.54. The fourth-order valence-electron chi connectivity index (χ4n) is 1.65. The van der Waals surface area contributed by atoms with Crippen molar-refractivity contribution in [3.8, 4) is 0 Å². The van der Waals surface area contributed by atoms with E-state index in [-0.39, 0.29) is 0 Å². The molecule has 1 aromatic heterocycles. The number of hydrogen-bond acceptors (Lipinski definition) is 4. The zero-order chi connectivity index (χ0) is 13.4. The monoisotopic (exact) mass is 331 g/mol. The number of nitrogens with two attached hydrogens (primary N) is 1. The third-order valence-electron chi connectivity index (χ3n) is 2.87. The Bertz CT molecular complexity index is 371. The van der Waals surface area contributed by atoms with Gasteiger partial charge in [0.05, 0.1) is 16.4 Å². The summed E-state index contributed by atoms with van der Waals surface area (Å²) in [6.07, 6.45) is 8.97. The Morgan fingerprint density at radius 2 is 2.06 bits per heavy atom. The van der Waals surface area contributed by atoms with Gasteiger partial charge in [0.15, 0.2) is 0 Å². The van der Waals surface area contributed by atoms with E-state index in [0.29, 0.717) is 0 Å². The van der Waals surface area contributed by atoms with Crippen molar-refractivity contribution in [1.82, 2.24) is 4.98 Å². The van der Waals surface area contributed by atoms with Crippen molar-refractivity contribution in [2.45, 2.75) is 32.6 Å². The lowest BCUT2D eigenvalue weighted by molar-refractivity contribution is 0.688. The molecule has 0 aliphatic rings. The topological polar surface area (TPSA) is 50.9 Å². The molecule has 0 atom stereocenters. The van der Waals surface area contributed by atoms with Crippen molar-refractivity contribution in [2.75, 3.05) is 29.6 Å². The minimum absolute atomic E-state index is 0.726. The van der Waals surface area contributed by atoms with Crippen LogP contribution in [0.25, 0.3) is 0 Å². The molecule has 18 heavy (non-hydrogen) atoms. The Kier molecular flexibility index (Phi) is 7.51. The second kappa shape index (κ2) is 8.64. The van der Waals surface area contributed by atoms with Gasteiger partial charge in [-0.15, -0.1) is 0 Å². The summed E-state index contributed by atoms with van der Waals surface area (Å²) < 4.78 is 0.977. The van der Waals surface area contributed by atoms with Crippen LogP contribution in [0, 0.1) is 6.92 Å². The van der Waals surface area contributed by atoms with Crippen LogP contribution in [0.2, 0.25) is 0 Å². The number of nitrogens with one attached hydrogen (secondary N) is 1. The van der Waals surface area contributed by atoms with Gasteiger partial charge in [-0.1, -0.05) is 12.8 Å². The molecule has 0 radical (unpaired) electrons. The molecule has 1 rings (SSSR count). The molecule has 0 aromatic carbocycles. The van der Waals surface area contributed by atoms with E-state index in [4.69, 9.17) is 5.73 Å². The Morgan fingerprint density at radius 1 is 1.33 bits per heavy atom. The average molecular weight is 332 g/mol. The first-order valence-electron chi connectivity index (χ1n) is 6.30. The zero-order valence-electron chi connectivity index (χ0n) is 11.1. The number of nitrogen functional groups attached to an aromatic ring is 1. The molecular formula is C13H22BrN3S. The zero-order valence-corrected chi connectivity index (χ0v) is 13.5. The lowest BCUT2D eigenvalue weighted by Gasteiger charge is -2.10. The maximum atomic E-state index is 5.79. The van der Waals surface area contributed by atoms with Crippen LogP contribution in [0.4, 0.5) is 11.5 Å². The molecule has 0 saturated carbocycles. The summed E-state index contributed by atoms with van der Waals surface area (Å²) in [7, 11) is 0. The van der Waals surface area contributed by atoms with Gasteiger partial charge in [0.1, 0.15) is 5.82 Å². The fourth-order valence-corrected chi connectivity index (χ4v) is 2.61. The van der Waals surface area contributed by atoms with Gasteiger partial charge in [-0.3, -0.25) is 0 Å². The predicted octanol–water partition coefficient (Wildman–Crippen LogP) is 4.07. The van der Waals surface area contributed by atoms with E-state index >= 15 is 0 Å². The minimum atomic E-state index is 0.726. The predicted molar refractivity (Wildman–Crippen MR) is 86.4 cm³/mol. The van der Waals surface area contributed by atoms with E-state index in [0.717, 1.165) is 28.1 Å². The van der Waals surface area contributed by atoms with Crippen LogP contribution >= 0.6 is 27.7 Å². The van der Waals surface area contributed by atoms with Gasteiger partial charge in [0, 0.05) is 6.54 Å². The minimum Gasteiger partial charge on any atom is -0.397 e. The first kappa shape index (κ1) is 15.6. The van der Waals surface area contributed by atoms with E-state index in [9.17, 15) is 0 Å². The van der Waals surface area contributed by atoms with E-state index in [1.165, 1.54) is 31.4 Å². The summed E-state index contributed by atoms with van der Waals surface area (Å²) >= 11 is 5.45. The van der Waals surface area contributed by atoms with E-state index in [2.05, 4.69) is 32.5 Å². The highest BCUT2D eigenvalue weighted by Crippen LogP contribution is 2.27. The maximum Gasteiger partial charge on any atom is 0.140 e. The van der Waals surface area contributed by atoms with Gasteiger partial charge in [-0.25, -0.2) is 4.98 Å². The fraction of sp³-hybridized carbons (Fsp3) is 0.615. The lowest BCUT2D eigenvalue weighted by atomic mass is 10.2. The SMILES string of the molecule is CSCCCCCCNc1ncc(N)c(C)c1Br. The number of pyridine rings is 1. The first-order chi connectivity index (χ1) is 8.66. The number of thioether (sulfide) groups is 1. The number of nitrogens with zero attached hydrogens (tertiary/aromatic N) is 1.